The van der Waals surface area contributed by atoms with Crippen LogP contribution in [0.25, 0.3) is 5.65 Å². The Balaban J connectivity index is 1.34. The van der Waals surface area contributed by atoms with E-state index in [1.54, 1.807) is 16.9 Å². The summed E-state index contributed by atoms with van der Waals surface area (Å²) >= 11 is 0. The fourth-order valence-corrected chi connectivity index (χ4v) is 3.59. The number of amides is 1. The van der Waals surface area contributed by atoms with Gasteiger partial charge >= 0.3 is 0 Å². The Bertz CT molecular complexity index is 997. The van der Waals surface area contributed by atoms with Gasteiger partial charge in [0.15, 0.2) is 11.5 Å². The molecule has 1 aliphatic rings. The van der Waals surface area contributed by atoms with Gasteiger partial charge in [0, 0.05) is 25.7 Å². The summed E-state index contributed by atoms with van der Waals surface area (Å²) < 4.78 is 1.62. The van der Waals surface area contributed by atoms with Gasteiger partial charge in [-0.2, -0.15) is 14.9 Å². The maximum atomic E-state index is 12.4. The normalized spacial score (nSPS) is 14.9. The highest BCUT2D eigenvalue weighted by molar-refractivity contribution is 5.90. The number of nitrogens with one attached hydrogen (secondary N) is 1. The zero-order valence-electron chi connectivity index (χ0n) is 14.9. The fraction of sp³-hybridized carbons (Fsp3) is 0.300. The van der Waals surface area contributed by atoms with E-state index in [0.717, 1.165) is 31.6 Å². The van der Waals surface area contributed by atoms with Gasteiger partial charge in [0.05, 0.1) is 17.4 Å². The summed E-state index contributed by atoms with van der Waals surface area (Å²) in [6, 6.07) is 13.6. The number of benzene rings is 1. The lowest BCUT2D eigenvalue weighted by Crippen LogP contribution is -2.35. The molecule has 0 atom stereocenters. The third-order valence-electron chi connectivity index (χ3n) is 5.00. The second-order valence-electron chi connectivity index (χ2n) is 6.75. The van der Waals surface area contributed by atoms with Crippen LogP contribution in [0.3, 0.4) is 0 Å². The molecule has 1 amide bonds. The van der Waals surface area contributed by atoms with Crippen molar-refractivity contribution in [2.75, 3.05) is 23.3 Å². The number of hydrogen-bond acceptors (Lipinski definition) is 5. The first-order valence-electron chi connectivity index (χ1n) is 9.07. The van der Waals surface area contributed by atoms with Crippen molar-refractivity contribution in [3.05, 3.63) is 54.4 Å². The van der Waals surface area contributed by atoms with E-state index in [2.05, 4.69) is 26.4 Å². The number of nitriles is 1. The molecule has 7 nitrogen and oxygen atoms in total. The molecule has 7 heteroatoms. The van der Waals surface area contributed by atoms with Gasteiger partial charge in [-0.3, -0.25) is 4.79 Å². The van der Waals surface area contributed by atoms with Crippen molar-refractivity contribution in [3.63, 3.8) is 0 Å². The monoisotopic (exact) mass is 360 g/mol. The minimum atomic E-state index is -0.0154. The Morgan fingerprint density at radius 1 is 1.22 bits per heavy atom. The van der Waals surface area contributed by atoms with Crippen molar-refractivity contribution in [2.45, 2.75) is 19.3 Å². The molecule has 3 heterocycles. The molecule has 1 aliphatic heterocycles. The van der Waals surface area contributed by atoms with E-state index in [1.807, 2.05) is 36.4 Å². The van der Waals surface area contributed by atoms with Crippen LogP contribution in [-0.4, -0.2) is 33.6 Å². The maximum Gasteiger partial charge on any atom is 0.225 e. The molecule has 0 saturated carbocycles. The molecule has 1 N–H and O–H groups in total. The standard InChI is InChI=1S/C20H20N6O/c21-13-16-4-1-2-5-17(16)25-10-7-15(8-11-25)12-20(27)24-19-14-22-18-6-3-9-23-26(18)19/h1-6,9,14-15H,7-8,10-12H2,(H,24,27). The van der Waals surface area contributed by atoms with E-state index in [1.165, 1.54) is 0 Å². The predicted octanol–water partition coefficient (Wildman–Crippen LogP) is 2.85. The van der Waals surface area contributed by atoms with Gasteiger partial charge in [0.1, 0.15) is 6.07 Å². The van der Waals surface area contributed by atoms with Crippen LogP contribution in [-0.2, 0) is 4.79 Å². The number of fused-ring (bicyclic) bond motifs is 1. The van der Waals surface area contributed by atoms with Crippen LogP contribution in [0.2, 0.25) is 0 Å². The molecule has 0 unspecified atom stereocenters. The Hall–Kier alpha value is -3.40. The molecule has 0 spiro atoms. The number of hydrogen-bond donors (Lipinski definition) is 1. The summed E-state index contributed by atoms with van der Waals surface area (Å²) in [5.74, 6) is 0.914. The molecule has 4 rings (SSSR count). The largest absolute Gasteiger partial charge is 0.370 e. The van der Waals surface area contributed by atoms with Gasteiger partial charge in [0.25, 0.3) is 0 Å². The van der Waals surface area contributed by atoms with Crippen LogP contribution in [0.4, 0.5) is 11.5 Å². The molecular weight excluding hydrogens is 340 g/mol. The molecule has 0 bridgehead atoms. The molecule has 2 aromatic heterocycles. The van der Waals surface area contributed by atoms with E-state index in [-0.39, 0.29) is 5.91 Å². The lowest BCUT2D eigenvalue weighted by atomic mass is 9.92. The van der Waals surface area contributed by atoms with E-state index < -0.39 is 0 Å². The second kappa shape index (κ2) is 7.46. The number of anilines is 2. The van der Waals surface area contributed by atoms with Crippen molar-refractivity contribution >= 4 is 23.1 Å². The van der Waals surface area contributed by atoms with Gasteiger partial charge < -0.3 is 10.2 Å². The molecular formula is C20H20N6O. The van der Waals surface area contributed by atoms with Crippen molar-refractivity contribution < 1.29 is 4.79 Å². The first-order valence-corrected chi connectivity index (χ1v) is 9.07. The molecule has 136 valence electrons. The lowest BCUT2D eigenvalue weighted by Gasteiger charge is -2.33. The molecule has 0 radical (unpaired) electrons. The smallest absolute Gasteiger partial charge is 0.225 e. The molecule has 27 heavy (non-hydrogen) atoms. The van der Waals surface area contributed by atoms with E-state index in [9.17, 15) is 10.1 Å². The Labute approximate surface area is 157 Å². The van der Waals surface area contributed by atoms with Gasteiger partial charge in [0.2, 0.25) is 5.91 Å². The highest BCUT2D eigenvalue weighted by Gasteiger charge is 2.23. The number of para-hydroxylation sites is 1. The number of piperidine rings is 1. The fourth-order valence-electron chi connectivity index (χ4n) is 3.59. The Kier molecular flexibility index (Phi) is 4.71. The maximum absolute atomic E-state index is 12.4. The summed E-state index contributed by atoms with van der Waals surface area (Å²) in [6.07, 6.45) is 5.63. The number of aromatic nitrogens is 3. The summed E-state index contributed by atoms with van der Waals surface area (Å²) in [7, 11) is 0. The van der Waals surface area contributed by atoms with E-state index >= 15 is 0 Å². The highest BCUT2D eigenvalue weighted by atomic mass is 16.1. The SMILES string of the molecule is N#Cc1ccccc1N1CCC(CC(=O)Nc2cnc3cccnn23)CC1. The molecule has 3 aromatic rings. The minimum absolute atomic E-state index is 0.0154. The van der Waals surface area contributed by atoms with E-state index in [4.69, 9.17) is 0 Å². The zero-order valence-corrected chi connectivity index (χ0v) is 14.9. The third kappa shape index (κ3) is 3.60. The molecule has 1 fully saturated rings. The first kappa shape index (κ1) is 17.0. The number of imidazole rings is 1. The van der Waals surface area contributed by atoms with Crippen LogP contribution in [0, 0.1) is 17.2 Å². The van der Waals surface area contributed by atoms with Crippen LogP contribution in [0.1, 0.15) is 24.8 Å². The van der Waals surface area contributed by atoms with Crippen molar-refractivity contribution in [3.8, 4) is 6.07 Å². The number of nitrogens with zero attached hydrogens (tertiary/aromatic N) is 5. The van der Waals surface area contributed by atoms with E-state index in [0.29, 0.717) is 29.4 Å². The van der Waals surface area contributed by atoms with Gasteiger partial charge in [-0.25, -0.2) is 4.98 Å². The predicted molar refractivity (Wildman–Crippen MR) is 102 cm³/mol. The van der Waals surface area contributed by atoms with Gasteiger partial charge in [-0.05, 0) is 43.0 Å². The molecule has 1 aromatic carbocycles. The molecule has 0 aliphatic carbocycles. The van der Waals surface area contributed by atoms with Crippen molar-refractivity contribution in [1.29, 1.82) is 5.26 Å². The summed E-state index contributed by atoms with van der Waals surface area (Å²) in [6.45, 7) is 1.71. The van der Waals surface area contributed by atoms with Gasteiger partial charge in [-0.1, -0.05) is 12.1 Å². The highest BCUT2D eigenvalue weighted by Crippen LogP contribution is 2.27. The third-order valence-corrected chi connectivity index (χ3v) is 5.00. The topological polar surface area (TPSA) is 86.3 Å². The second-order valence-corrected chi connectivity index (χ2v) is 6.75. The number of rotatable bonds is 4. The summed E-state index contributed by atoms with van der Waals surface area (Å²) in [4.78, 5) is 18.9. The van der Waals surface area contributed by atoms with Crippen LogP contribution < -0.4 is 10.2 Å². The minimum Gasteiger partial charge on any atom is -0.370 e. The average Bonchev–Trinajstić information content (AvgIpc) is 3.11. The number of carbonyl (C=O) groups is 1. The lowest BCUT2D eigenvalue weighted by molar-refractivity contribution is -0.117. The number of carbonyl (C=O) groups excluding carboxylic acids is 1. The first-order chi connectivity index (χ1) is 13.2. The Morgan fingerprint density at radius 2 is 2.04 bits per heavy atom. The summed E-state index contributed by atoms with van der Waals surface area (Å²) in [5, 5.41) is 16.4. The quantitative estimate of drug-likeness (QED) is 0.773. The zero-order chi connectivity index (χ0) is 18.6. The Morgan fingerprint density at radius 3 is 2.85 bits per heavy atom. The van der Waals surface area contributed by atoms with Crippen LogP contribution in [0.5, 0.6) is 0 Å². The average molecular weight is 360 g/mol. The van der Waals surface area contributed by atoms with Crippen LogP contribution in [0.15, 0.2) is 48.8 Å². The van der Waals surface area contributed by atoms with Gasteiger partial charge in [-0.15, -0.1) is 0 Å². The summed E-state index contributed by atoms with van der Waals surface area (Å²) in [5.41, 5.74) is 2.39. The van der Waals surface area contributed by atoms with Crippen molar-refractivity contribution in [2.24, 2.45) is 5.92 Å². The molecule has 1 saturated heterocycles. The van der Waals surface area contributed by atoms with Crippen molar-refractivity contribution in [1.82, 2.24) is 14.6 Å². The van der Waals surface area contributed by atoms with Crippen LogP contribution >= 0.6 is 0 Å².